The number of hydrogen-bond donors (Lipinski definition) is 2. The van der Waals surface area contributed by atoms with Crippen molar-refractivity contribution >= 4 is 11.4 Å². The molecule has 108 valence electrons. The Morgan fingerprint density at radius 3 is 2.76 bits per heavy atom. The van der Waals surface area contributed by atoms with Gasteiger partial charge in [0.15, 0.2) is 0 Å². The van der Waals surface area contributed by atoms with Crippen LogP contribution in [0.15, 0.2) is 54.9 Å². The molecule has 1 aliphatic rings. The van der Waals surface area contributed by atoms with Crippen LogP contribution >= 0.6 is 0 Å². The summed E-state index contributed by atoms with van der Waals surface area (Å²) in [5, 5.41) is 3.33. The van der Waals surface area contributed by atoms with Crippen LogP contribution in [0, 0.1) is 0 Å². The Kier molecular flexibility index (Phi) is 3.57. The second-order valence-electron chi connectivity index (χ2n) is 5.42. The molecule has 3 nitrogen and oxygen atoms in total. The second-order valence-corrected chi connectivity index (χ2v) is 5.42. The van der Waals surface area contributed by atoms with Crippen molar-refractivity contribution in [1.29, 1.82) is 0 Å². The Balaban J connectivity index is 1.75. The summed E-state index contributed by atoms with van der Waals surface area (Å²) >= 11 is 0. The van der Waals surface area contributed by atoms with Gasteiger partial charge in [0, 0.05) is 13.1 Å². The molecular weight excluding hydrogens is 258 g/mol. The maximum absolute atomic E-state index is 5.98. The lowest BCUT2D eigenvalue weighted by atomic mass is 10.0. The third-order valence-corrected chi connectivity index (χ3v) is 4.08. The lowest BCUT2D eigenvalue weighted by Crippen LogP contribution is -2.21. The SMILES string of the molecule is C=C(Nc1ccccc1N)N1Cc2cccc(CC)c2C1. The Hall–Kier alpha value is -2.42. The van der Waals surface area contributed by atoms with E-state index < -0.39 is 0 Å². The second kappa shape index (κ2) is 5.52. The molecule has 0 aromatic heterocycles. The van der Waals surface area contributed by atoms with Crippen LogP contribution < -0.4 is 11.1 Å². The molecule has 0 aliphatic carbocycles. The van der Waals surface area contributed by atoms with Crippen LogP contribution in [-0.2, 0) is 19.5 Å². The summed E-state index contributed by atoms with van der Waals surface area (Å²) in [6.07, 6.45) is 1.07. The number of fused-ring (bicyclic) bond motifs is 1. The normalized spacial score (nSPS) is 13.1. The summed E-state index contributed by atoms with van der Waals surface area (Å²) in [5.74, 6) is 0.895. The first-order chi connectivity index (χ1) is 10.2. The van der Waals surface area contributed by atoms with Gasteiger partial charge in [-0.1, -0.05) is 43.8 Å². The topological polar surface area (TPSA) is 41.3 Å². The van der Waals surface area contributed by atoms with Crippen molar-refractivity contribution in [2.45, 2.75) is 26.4 Å². The van der Waals surface area contributed by atoms with E-state index in [-0.39, 0.29) is 0 Å². The number of rotatable bonds is 4. The highest BCUT2D eigenvalue weighted by Gasteiger charge is 2.22. The standard InChI is InChI=1S/C18H21N3/c1-3-14-7-6-8-15-11-21(12-16(14)15)13(2)20-18-10-5-4-9-17(18)19/h4-10,20H,2-3,11-12,19H2,1H3. The van der Waals surface area contributed by atoms with Gasteiger partial charge in [-0.3, -0.25) is 0 Å². The Morgan fingerprint density at radius 1 is 1.19 bits per heavy atom. The molecule has 2 aromatic carbocycles. The lowest BCUT2D eigenvalue weighted by Gasteiger charge is -2.22. The Morgan fingerprint density at radius 2 is 2.00 bits per heavy atom. The average molecular weight is 279 g/mol. The molecule has 0 fully saturated rings. The highest BCUT2D eigenvalue weighted by atomic mass is 15.3. The summed E-state index contributed by atoms with van der Waals surface area (Å²) in [7, 11) is 0. The van der Waals surface area contributed by atoms with Gasteiger partial charge in [0.25, 0.3) is 0 Å². The van der Waals surface area contributed by atoms with Crippen LogP contribution in [-0.4, -0.2) is 4.90 Å². The zero-order valence-corrected chi connectivity index (χ0v) is 12.4. The Bertz CT molecular complexity index is 676. The zero-order chi connectivity index (χ0) is 14.8. The molecule has 0 radical (unpaired) electrons. The molecule has 3 heteroatoms. The van der Waals surface area contributed by atoms with Crippen molar-refractivity contribution in [2.24, 2.45) is 0 Å². The third-order valence-electron chi connectivity index (χ3n) is 4.08. The number of benzene rings is 2. The number of aryl methyl sites for hydroxylation is 1. The van der Waals surface area contributed by atoms with Crippen LogP contribution in [0.1, 0.15) is 23.6 Å². The number of nitrogens with zero attached hydrogens (tertiary/aromatic N) is 1. The van der Waals surface area contributed by atoms with Crippen molar-refractivity contribution in [2.75, 3.05) is 11.1 Å². The monoisotopic (exact) mass is 279 g/mol. The fourth-order valence-corrected chi connectivity index (χ4v) is 2.86. The van der Waals surface area contributed by atoms with E-state index in [2.05, 4.69) is 41.9 Å². The molecule has 3 N–H and O–H groups in total. The van der Waals surface area contributed by atoms with Crippen LogP contribution in [0.25, 0.3) is 0 Å². The summed E-state index contributed by atoms with van der Waals surface area (Å²) < 4.78 is 0. The summed E-state index contributed by atoms with van der Waals surface area (Å²) in [6, 6.07) is 14.3. The predicted octanol–water partition coefficient (Wildman–Crippen LogP) is 3.73. The first-order valence-corrected chi connectivity index (χ1v) is 7.34. The van der Waals surface area contributed by atoms with E-state index in [4.69, 9.17) is 5.73 Å². The summed E-state index contributed by atoms with van der Waals surface area (Å²) in [6.45, 7) is 8.19. The minimum absolute atomic E-state index is 0.740. The lowest BCUT2D eigenvalue weighted by molar-refractivity contribution is 0.368. The molecular formula is C18H21N3. The molecule has 0 atom stereocenters. The minimum atomic E-state index is 0.740. The van der Waals surface area contributed by atoms with Crippen LogP contribution in [0.5, 0.6) is 0 Å². The molecule has 0 saturated carbocycles. The minimum Gasteiger partial charge on any atom is -0.397 e. The van der Waals surface area contributed by atoms with Crippen molar-refractivity contribution in [1.82, 2.24) is 4.90 Å². The fourth-order valence-electron chi connectivity index (χ4n) is 2.86. The van der Waals surface area contributed by atoms with Gasteiger partial charge >= 0.3 is 0 Å². The molecule has 0 spiro atoms. The summed E-state index contributed by atoms with van der Waals surface area (Å²) in [4.78, 5) is 2.26. The summed E-state index contributed by atoms with van der Waals surface area (Å²) in [5.41, 5.74) is 11.9. The van der Waals surface area contributed by atoms with Crippen molar-refractivity contribution < 1.29 is 0 Å². The first-order valence-electron chi connectivity index (χ1n) is 7.34. The van der Waals surface area contributed by atoms with Gasteiger partial charge in [0.1, 0.15) is 0 Å². The number of nitrogens with two attached hydrogens (primary N) is 1. The zero-order valence-electron chi connectivity index (χ0n) is 12.4. The van der Waals surface area contributed by atoms with Gasteiger partial charge in [0.2, 0.25) is 0 Å². The van der Waals surface area contributed by atoms with Gasteiger partial charge in [-0.2, -0.15) is 0 Å². The smallest absolute Gasteiger partial charge is 0.0990 e. The number of nitrogens with one attached hydrogen (secondary N) is 1. The molecule has 1 heterocycles. The van der Waals surface area contributed by atoms with Crippen LogP contribution in [0.3, 0.4) is 0 Å². The molecule has 0 bridgehead atoms. The van der Waals surface area contributed by atoms with E-state index in [0.717, 1.165) is 36.7 Å². The predicted molar refractivity (Wildman–Crippen MR) is 88.7 cm³/mol. The van der Waals surface area contributed by atoms with E-state index in [9.17, 15) is 0 Å². The van der Waals surface area contributed by atoms with Gasteiger partial charge < -0.3 is 16.0 Å². The molecule has 2 aromatic rings. The van der Waals surface area contributed by atoms with Crippen molar-refractivity contribution in [3.05, 3.63) is 71.6 Å². The Labute approximate surface area is 126 Å². The highest BCUT2D eigenvalue weighted by Crippen LogP contribution is 2.29. The quantitative estimate of drug-likeness (QED) is 0.838. The molecule has 3 rings (SSSR count). The molecule has 0 saturated heterocycles. The fraction of sp³-hybridized carbons (Fsp3) is 0.222. The number of nitrogen functional groups attached to an aromatic ring is 1. The molecule has 21 heavy (non-hydrogen) atoms. The first kappa shape index (κ1) is 13.6. The van der Waals surface area contributed by atoms with E-state index in [1.807, 2.05) is 24.3 Å². The van der Waals surface area contributed by atoms with Crippen molar-refractivity contribution in [3.63, 3.8) is 0 Å². The maximum Gasteiger partial charge on any atom is 0.0990 e. The van der Waals surface area contributed by atoms with E-state index >= 15 is 0 Å². The van der Waals surface area contributed by atoms with Gasteiger partial charge in [0.05, 0.1) is 17.2 Å². The van der Waals surface area contributed by atoms with Crippen LogP contribution in [0.2, 0.25) is 0 Å². The van der Waals surface area contributed by atoms with E-state index in [1.54, 1.807) is 0 Å². The van der Waals surface area contributed by atoms with Gasteiger partial charge in [-0.15, -0.1) is 0 Å². The van der Waals surface area contributed by atoms with E-state index in [0.29, 0.717) is 0 Å². The van der Waals surface area contributed by atoms with E-state index in [1.165, 1.54) is 16.7 Å². The number of anilines is 2. The number of para-hydroxylation sites is 2. The molecule has 0 amide bonds. The largest absolute Gasteiger partial charge is 0.397 e. The molecule has 1 aliphatic heterocycles. The third kappa shape index (κ3) is 2.59. The highest BCUT2D eigenvalue weighted by molar-refractivity contribution is 5.67. The maximum atomic E-state index is 5.98. The van der Waals surface area contributed by atoms with Crippen molar-refractivity contribution in [3.8, 4) is 0 Å². The van der Waals surface area contributed by atoms with Crippen LogP contribution in [0.4, 0.5) is 11.4 Å². The number of hydrogen-bond acceptors (Lipinski definition) is 3. The average Bonchev–Trinajstić information content (AvgIpc) is 2.93. The van der Waals surface area contributed by atoms with Gasteiger partial charge in [-0.05, 0) is 35.2 Å². The van der Waals surface area contributed by atoms with Gasteiger partial charge in [-0.25, -0.2) is 0 Å². The molecule has 0 unspecified atom stereocenters.